The minimum Gasteiger partial charge on any atom is -0.381 e. The number of aromatic nitrogens is 1. The van der Waals surface area contributed by atoms with Gasteiger partial charge in [-0.3, -0.25) is 0 Å². The molecule has 0 fully saturated rings. The van der Waals surface area contributed by atoms with Crippen LogP contribution in [0.3, 0.4) is 0 Å². The Balaban J connectivity index is 2.21. The Hall–Kier alpha value is -1.70. The van der Waals surface area contributed by atoms with Crippen LogP contribution < -0.4 is 5.32 Å². The molecule has 0 aliphatic heterocycles. The lowest BCUT2D eigenvalue weighted by Crippen LogP contribution is -2.14. The Labute approximate surface area is 122 Å². The Morgan fingerprint density at radius 2 is 1.75 bits per heavy atom. The van der Waals surface area contributed by atoms with Crippen LogP contribution in [0.2, 0.25) is 0 Å². The lowest BCUT2D eigenvalue weighted by Gasteiger charge is -2.23. The first-order valence-corrected chi connectivity index (χ1v) is 7.26. The topological polar surface area (TPSA) is 17.0 Å². The maximum atomic E-state index is 3.60. The van der Waals surface area contributed by atoms with E-state index in [1.54, 1.807) is 0 Å². The van der Waals surface area contributed by atoms with Gasteiger partial charge >= 0.3 is 0 Å². The maximum Gasteiger partial charge on any atom is 0.0418 e. The third-order valence-corrected chi connectivity index (χ3v) is 4.08. The van der Waals surface area contributed by atoms with E-state index in [0.717, 1.165) is 6.54 Å². The summed E-state index contributed by atoms with van der Waals surface area (Å²) in [6.07, 6.45) is 0. The summed E-state index contributed by atoms with van der Waals surface area (Å²) in [6, 6.07) is 10.9. The lowest BCUT2D eigenvalue weighted by atomic mass is 9.86. The van der Waals surface area contributed by atoms with Gasteiger partial charge in [-0.1, -0.05) is 39.0 Å². The molecule has 2 heteroatoms. The quantitative estimate of drug-likeness (QED) is 0.865. The summed E-state index contributed by atoms with van der Waals surface area (Å²) in [5, 5.41) is 3.60. The van der Waals surface area contributed by atoms with Crippen molar-refractivity contribution in [3.63, 3.8) is 0 Å². The van der Waals surface area contributed by atoms with Crippen molar-refractivity contribution in [2.24, 2.45) is 7.05 Å². The number of hydrogen-bond donors (Lipinski definition) is 1. The highest BCUT2D eigenvalue weighted by atomic mass is 15.0. The van der Waals surface area contributed by atoms with Crippen LogP contribution in [0.4, 0.5) is 5.69 Å². The van der Waals surface area contributed by atoms with Crippen molar-refractivity contribution < 1.29 is 0 Å². The average Bonchev–Trinajstić information content (AvgIpc) is 2.63. The monoisotopic (exact) mass is 270 g/mol. The molecule has 0 unspecified atom stereocenters. The maximum absolute atomic E-state index is 3.60. The Kier molecular flexibility index (Phi) is 3.94. The van der Waals surface area contributed by atoms with Gasteiger partial charge in [0.15, 0.2) is 0 Å². The molecule has 1 aromatic carbocycles. The molecule has 20 heavy (non-hydrogen) atoms. The number of hydrogen-bond acceptors (Lipinski definition) is 1. The van der Waals surface area contributed by atoms with E-state index in [-0.39, 0.29) is 5.41 Å². The summed E-state index contributed by atoms with van der Waals surface area (Å²) in [5.41, 5.74) is 6.78. The standard InChI is InChI=1S/C18H26N2/c1-13-11-15(14(2)20(13)6)12-19-17-10-8-7-9-16(17)18(3,4)5/h7-11,19H,12H2,1-6H3. The van der Waals surface area contributed by atoms with Crippen molar-refractivity contribution in [1.82, 2.24) is 4.57 Å². The predicted molar refractivity (Wildman–Crippen MR) is 87.4 cm³/mol. The molecule has 108 valence electrons. The van der Waals surface area contributed by atoms with Crippen molar-refractivity contribution >= 4 is 5.69 Å². The molecule has 0 saturated carbocycles. The number of nitrogens with zero attached hydrogens (tertiary/aromatic N) is 1. The largest absolute Gasteiger partial charge is 0.381 e. The second kappa shape index (κ2) is 5.35. The third kappa shape index (κ3) is 2.90. The van der Waals surface area contributed by atoms with Crippen LogP contribution in [0, 0.1) is 13.8 Å². The van der Waals surface area contributed by atoms with Gasteiger partial charge in [0.05, 0.1) is 0 Å². The zero-order valence-corrected chi connectivity index (χ0v) is 13.5. The highest BCUT2D eigenvalue weighted by molar-refractivity contribution is 5.54. The molecular formula is C18H26N2. The van der Waals surface area contributed by atoms with Gasteiger partial charge in [-0.05, 0) is 42.5 Å². The predicted octanol–water partition coefficient (Wildman–Crippen LogP) is 4.55. The summed E-state index contributed by atoms with van der Waals surface area (Å²) >= 11 is 0. The van der Waals surface area contributed by atoms with E-state index in [2.05, 4.69) is 81.9 Å². The molecule has 1 N–H and O–H groups in total. The highest BCUT2D eigenvalue weighted by Gasteiger charge is 2.17. The number of aryl methyl sites for hydroxylation is 1. The van der Waals surface area contributed by atoms with Crippen molar-refractivity contribution in [2.75, 3.05) is 5.32 Å². The van der Waals surface area contributed by atoms with Crippen LogP contribution in [0.1, 0.15) is 43.3 Å². The third-order valence-electron chi connectivity index (χ3n) is 4.08. The van der Waals surface area contributed by atoms with Crippen LogP contribution in [0.25, 0.3) is 0 Å². The van der Waals surface area contributed by atoms with E-state index in [4.69, 9.17) is 0 Å². The Morgan fingerprint density at radius 3 is 2.30 bits per heavy atom. The lowest BCUT2D eigenvalue weighted by molar-refractivity contribution is 0.591. The number of anilines is 1. The molecule has 0 atom stereocenters. The van der Waals surface area contributed by atoms with Crippen LogP contribution in [0.15, 0.2) is 30.3 Å². The van der Waals surface area contributed by atoms with Crippen molar-refractivity contribution in [2.45, 2.75) is 46.6 Å². The van der Waals surface area contributed by atoms with Crippen molar-refractivity contribution in [3.8, 4) is 0 Å². The summed E-state index contributed by atoms with van der Waals surface area (Å²) in [6.45, 7) is 12.0. The molecule has 1 aromatic heterocycles. The number of benzene rings is 1. The van der Waals surface area contributed by atoms with Gasteiger partial charge in [-0.2, -0.15) is 0 Å². The van der Waals surface area contributed by atoms with Crippen LogP contribution in [0.5, 0.6) is 0 Å². The van der Waals surface area contributed by atoms with Crippen molar-refractivity contribution in [3.05, 3.63) is 52.8 Å². The first kappa shape index (κ1) is 14.7. The van der Waals surface area contributed by atoms with Gasteiger partial charge in [-0.25, -0.2) is 0 Å². The van der Waals surface area contributed by atoms with Gasteiger partial charge in [0, 0.05) is 30.7 Å². The van der Waals surface area contributed by atoms with E-state index in [0.29, 0.717) is 0 Å². The SMILES string of the molecule is Cc1cc(CNc2ccccc2C(C)(C)C)c(C)n1C. The molecule has 0 aliphatic rings. The zero-order chi connectivity index (χ0) is 14.9. The summed E-state index contributed by atoms with van der Waals surface area (Å²) in [5.74, 6) is 0. The van der Waals surface area contributed by atoms with E-state index in [1.807, 2.05) is 0 Å². The first-order valence-electron chi connectivity index (χ1n) is 7.26. The van der Waals surface area contributed by atoms with Gasteiger partial charge in [0.2, 0.25) is 0 Å². The highest BCUT2D eigenvalue weighted by Crippen LogP contribution is 2.29. The molecular weight excluding hydrogens is 244 g/mol. The fourth-order valence-electron chi connectivity index (χ4n) is 2.59. The fourth-order valence-corrected chi connectivity index (χ4v) is 2.59. The second-order valence-electron chi connectivity index (χ2n) is 6.60. The van der Waals surface area contributed by atoms with Gasteiger partial charge in [0.1, 0.15) is 0 Å². The van der Waals surface area contributed by atoms with E-state index < -0.39 is 0 Å². The Bertz CT molecular complexity index is 600. The fraction of sp³-hybridized carbons (Fsp3) is 0.444. The molecule has 0 radical (unpaired) electrons. The van der Waals surface area contributed by atoms with Gasteiger partial charge in [-0.15, -0.1) is 0 Å². The average molecular weight is 270 g/mol. The molecule has 2 aromatic rings. The minimum absolute atomic E-state index is 0.158. The molecule has 0 bridgehead atoms. The Morgan fingerprint density at radius 1 is 1.10 bits per heavy atom. The molecule has 0 spiro atoms. The number of rotatable bonds is 3. The summed E-state index contributed by atoms with van der Waals surface area (Å²) in [7, 11) is 2.12. The molecule has 0 saturated heterocycles. The zero-order valence-electron chi connectivity index (χ0n) is 13.5. The summed E-state index contributed by atoms with van der Waals surface area (Å²) < 4.78 is 2.24. The number of nitrogens with one attached hydrogen (secondary N) is 1. The van der Waals surface area contributed by atoms with E-state index >= 15 is 0 Å². The molecule has 0 amide bonds. The van der Waals surface area contributed by atoms with Crippen molar-refractivity contribution in [1.29, 1.82) is 0 Å². The second-order valence-corrected chi connectivity index (χ2v) is 6.60. The van der Waals surface area contributed by atoms with Crippen LogP contribution in [-0.2, 0) is 19.0 Å². The normalized spacial score (nSPS) is 11.7. The van der Waals surface area contributed by atoms with E-state index in [1.165, 1.54) is 28.2 Å². The smallest absolute Gasteiger partial charge is 0.0418 e. The van der Waals surface area contributed by atoms with Gasteiger partial charge in [0.25, 0.3) is 0 Å². The minimum atomic E-state index is 0.158. The van der Waals surface area contributed by atoms with Crippen LogP contribution in [-0.4, -0.2) is 4.57 Å². The molecule has 1 heterocycles. The van der Waals surface area contributed by atoms with E-state index in [9.17, 15) is 0 Å². The van der Waals surface area contributed by atoms with Crippen LogP contribution >= 0.6 is 0 Å². The summed E-state index contributed by atoms with van der Waals surface area (Å²) in [4.78, 5) is 0. The molecule has 0 aliphatic carbocycles. The first-order chi connectivity index (χ1) is 9.30. The van der Waals surface area contributed by atoms with Gasteiger partial charge < -0.3 is 9.88 Å². The molecule has 2 nitrogen and oxygen atoms in total. The molecule has 2 rings (SSSR count). The number of para-hydroxylation sites is 1.